The van der Waals surface area contributed by atoms with E-state index in [0.717, 1.165) is 15.2 Å². The van der Waals surface area contributed by atoms with E-state index >= 15 is 0 Å². The van der Waals surface area contributed by atoms with Crippen molar-refractivity contribution in [1.82, 2.24) is 20.4 Å². The first-order valence-corrected chi connectivity index (χ1v) is 8.30. The molecule has 4 aromatic rings. The highest BCUT2D eigenvalue weighted by atomic mass is 32.1. The van der Waals surface area contributed by atoms with Gasteiger partial charge in [-0.15, -0.1) is 11.3 Å². The number of amides is 1. The van der Waals surface area contributed by atoms with E-state index in [9.17, 15) is 4.79 Å². The molecule has 3 aromatic heterocycles. The maximum Gasteiger partial charge on any atom is 0.258 e. The maximum absolute atomic E-state index is 12.6. The fourth-order valence-electron chi connectivity index (χ4n) is 2.64. The summed E-state index contributed by atoms with van der Waals surface area (Å²) in [5.74, 6) is -0.184. The van der Waals surface area contributed by atoms with Crippen molar-refractivity contribution < 1.29 is 9.32 Å². The minimum Gasteiger partial charge on any atom is -0.345 e. The van der Waals surface area contributed by atoms with Gasteiger partial charge < -0.3 is 9.84 Å². The monoisotopic (exact) mass is 338 g/mol. The van der Waals surface area contributed by atoms with Crippen LogP contribution in [0.1, 0.15) is 26.8 Å². The lowest BCUT2D eigenvalue weighted by Gasteiger charge is -2.05. The van der Waals surface area contributed by atoms with Crippen molar-refractivity contribution in [3.05, 3.63) is 52.3 Å². The Morgan fingerprint density at radius 3 is 2.92 bits per heavy atom. The predicted molar refractivity (Wildman–Crippen MR) is 92.1 cm³/mol. The number of para-hydroxylation sites is 1. The molecule has 0 saturated heterocycles. The molecule has 24 heavy (non-hydrogen) atoms. The Labute approximate surface area is 141 Å². The lowest BCUT2D eigenvalue weighted by atomic mass is 10.1. The summed E-state index contributed by atoms with van der Waals surface area (Å²) in [6.07, 6.45) is 0. The molecular weight excluding hydrogens is 324 g/mol. The smallest absolute Gasteiger partial charge is 0.258 e. The van der Waals surface area contributed by atoms with E-state index in [1.165, 1.54) is 0 Å². The third-order valence-corrected chi connectivity index (χ3v) is 4.76. The number of benzene rings is 1. The highest BCUT2D eigenvalue weighted by molar-refractivity contribution is 7.18. The second kappa shape index (κ2) is 5.68. The second-order valence-corrected chi connectivity index (χ2v) is 6.63. The van der Waals surface area contributed by atoms with Gasteiger partial charge in [0.2, 0.25) is 0 Å². The lowest BCUT2D eigenvalue weighted by molar-refractivity contribution is 0.0952. The van der Waals surface area contributed by atoms with Crippen LogP contribution in [0.2, 0.25) is 0 Å². The van der Waals surface area contributed by atoms with Gasteiger partial charge in [-0.2, -0.15) is 0 Å². The molecule has 0 unspecified atom stereocenters. The number of thiazole rings is 1. The van der Waals surface area contributed by atoms with Crippen LogP contribution in [0.25, 0.3) is 21.3 Å². The van der Waals surface area contributed by atoms with E-state index in [0.29, 0.717) is 34.6 Å². The Morgan fingerprint density at radius 1 is 1.25 bits per heavy atom. The molecule has 0 saturated carbocycles. The third-order valence-electron chi connectivity index (χ3n) is 3.73. The molecule has 0 aliphatic rings. The predicted octanol–water partition coefficient (Wildman–Crippen LogP) is 3.38. The van der Waals surface area contributed by atoms with Gasteiger partial charge in [-0.1, -0.05) is 17.3 Å². The summed E-state index contributed by atoms with van der Waals surface area (Å²) in [5.41, 5.74) is 3.23. The highest BCUT2D eigenvalue weighted by Crippen LogP contribution is 2.23. The van der Waals surface area contributed by atoms with E-state index in [4.69, 9.17) is 4.52 Å². The van der Waals surface area contributed by atoms with Gasteiger partial charge >= 0.3 is 0 Å². The topological polar surface area (TPSA) is 80.9 Å². The zero-order chi connectivity index (χ0) is 16.7. The minimum absolute atomic E-state index is 0.184. The van der Waals surface area contributed by atoms with Crippen LogP contribution in [0.5, 0.6) is 0 Å². The number of aryl methyl sites for hydroxylation is 2. The fraction of sp³-hybridized carbons (Fsp3) is 0.176. The molecule has 0 fully saturated rings. The second-order valence-electron chi connectivity index (χ2n) is 5.52. The van der Waals surface area contributed by atoms with Crippen LogP contribution in [0.4, 0.5) is 0 Å². The molecule has 1 aromatic carbocycles. The Morgan fingerprint density at radius 2 is 2.08 bits per heavy atom. The van der Waals surface area contributed by atoms with Gasteiger partial charge in [-0.05, 0) is 32.0 Å². The van der Waals surface area contributed by atoms with Crippen molar-refractivity contribution in [1.29, 1.82) is 0 Å². The van der Waals surface area contributed by atoms with E-state index in [1.807, 2.05) is 31.2 Å². The highest BCUT2D eigenvalue weighted by Gasteiger charge is 2.18. The third kappa shape index (κ3) is 2.52. The molecule has 120 valence electrons. The summed E-state index contributed by atoms with van der Waals surface area (Å²) in [5, 5.41) is 8.35. The molecule has 0 aliphatic heterocycles. The van der Waals surface area contributed by atoms with Crippen molar-refractivity contribution in [3.8, 4) is 0 Å². The van der Waals surface area contributed by atoms with Crippen LogP contribution in [0.15, 0.2) is 34.9 Å². The SMILES string of the molecule is Cc1cc(C(=O)NCc2nc3ccccc3s2)c2c(C)noc2n1. The normalized spacial score (nSPS) is 11.2. The van der Waals surface area contributed by atoms with E-state index in [1.54, 1.807) is 24.3 Å². The first kappa shape index (κ1) is 14.8. The molecule has 0 radical (unpaired) electrons. The summed E-state index contributed by atoms with van der Waals surface area (Å²) in [6.45, 7) is 4.00. The number of aromatic nitrogens is 3. The summed E-state index contributed by atoms with van der Waals surface area (Å²) in [6, 6.07) is 9.67. The first-order chi connectivity index (χ1) is 11.6. The van der Waals surface area contributed by atoms with Crippen LogP contribution < -0.4 is 5.32 Å². The molecule has 4 rings (SSSR count). The number of nitrogens with zero attached hydrogens (tertiary/aromatic N) is 3. The van der Waals surface area contributed by atoms with Gasteiger partial charge in [0.1, 0.15) is 5.01 Å². The molecule has 0 aliphatic carbocycles. The minimum atomic E-state index is -0.184. The number of fused-ring (bicyclic) bond motifs is 2. The van der Waals surface area contributed by atoms with Gasteiger partial charge in [0.05, 0.1) is 33.4 Å². The number of pyridine rings is 1. The Kier molecular flexibility index (Phi) is 3.50. The number of carbonyl (C=O) groups is 1. The molecule has 6 nitrogen and oxygen atoms in total. The zero-order valence-corrected chi connectivity index (χ0v) is 14.0. The number of rotatable bonds is 3. The molecule has 0 bridgehead atoms. The number of hydrogen-bond donors (Lipinski definition) is 1. The number of nitrogens with one attached hydrogen (secondary N) is 1. The molecule has 7 heteroatoms. The molecule has 3 heterocycles. The van der Waals surface area contributed by atoms with Gasteiger partial charge in [0.15, 0.2) is 0 Å². The largest absolute Gasteiger partial charge is 0.345 e. The van der Waals surface area contributed by atoms with Crippen molar-refractivity contribution in [3.63, 3.8) is 0 Å². The van der Waals surface area contributed by atoms with E-state index in [-0.39, 0.29) is 5.91 Å². The quantitative estimate of drug-likeness (QED) is 0.619. The summed E-state index contributed by atoms with van der Waals surface area (Å²) < 4.78 is 6.28. The molecule has 0 spiro atoms. The van der Waals surface area contributed by atoms with Crippen molar-refractivity contribution >= 4 is 38.6 Å². The Hall–Kier alpha value is -2.80. The molecule has 1 N–H and O–H groups in total. The fourth-order valence-corrected chi connectivity index (χ4v) is 3.55. The maximum atomic E-state index is 12.6. The average Bonchev–Trinajstić information content (AvgIpc) is 3.15. The number of hydrogen-bond acceptors (Lipinski definition) is 6. The molecule has 0 atom stereocenters. The van der Waals surface area contributed by atoms with Crippen LogP contribution in [-0.2, 0) is 6.54 Å². The van der Waals surface area contributed by atoms with Crippen molar-refractivity contribution in [2.24, 2.45) is 0 Å². The Bertz CT molecular complexity index is 1030. The summed E-state index contributed by atoms with van der Waals surface area (Å²) in [4.78, 5) is 21.4. The average molecular weight is 338 g/mol. The van der Waals surface area contributed by atoms with Crippen molar-refractivity contribution in [2.75, 3.05) is 0 Å². The van der Waals surface area contributed by atoms with Gasteiger partial charge in [0, 0.05) is 5.69 Å². The van der Waals surface area contributed by atoms with Crippen LogP contribution >= 0.6 is 11.3 Å². The zero-order valence-electron chi connectivity index (χ0n) is 13.2. The summed E-state index contributed by atoms with van der Waals surface area (Å²) >= 11 is 1.58. The van der Waals surface area contributed by atoms with E-state index < -0.39 is 0 Å². The molecule has 1 amide bonds. The Balaban J connectivity index is 1.61. The van der Waals surface area contributed by atoms with Gasteiger partial charge in [-0.25, -0.2) is 9.97 Å². The molecular formula is C17H14N4O2S. The van der Waals surface area contributed by atoms with Gasteiger partial charge in [-0.3, -0.25) is 4.79 Å². The van der Waals surface area contributed by atoms with Crippen LogP contribution in [-0.4, -0.2) is 21.0 Å². The van der Waals surface area contributed by atoms with Crippen LogP contribution in [0.3, 0.4) is 0 Å². The van der Waals surface area contributed by atoms with Gasteiger partial charge in [0.25, 0.3) is 11.6 Å². The standard InChI is InChI=1S/C17H14N4O2S/c1-9-7-11(15-10(2)21-23-17(15)19-9)16(22)18-8-14-20-12-5-3-4-6-13(12)24-14/h3-7H,8H2,1-2H3,(H,18,22). The van der Waals surface area contributed by atoms with Crippen molar-refractivity contribution in [2.45, 2.75) is 20.4 Å². The number of carbonyl (C=O) groups excluding carboxylic acids is 1. The van der Waals surface area contributed by atoms with Crippen LogP contribution in [0, 0.1) is 13.8 Å². The van der Waals surface area contributed by atoms with E-state index in [2.05, 4.69) is 20.4 Å². The first-order valence-electron chi connectivity index (χ1n) is 7.48. The lowest BCUT2D eigenvalue weighted by Crippen LogP contribution is -2.23. The summed E-state index contributed by atoms with van der Waals surface area (Å²) in [7, 11) is 0.